The van der Waals surface area contributed by atoms with E-state index in [2.05, 4.69) is 46.5 Å². The van der Waals surface area contributed by atoms with E-state index in [1.54, 1.807) is 6.20 Å². The molecule has 5 heteroatoms. The van der Waals surface area contributed by atoms with Crippen molar-refractivity contribution < 1.29 is 4.79 Å². The summed E-state index contributed by atoms with van der Waals surface area (Å²) in [5.74, 6) is 0.776. The molecule has 4 aromatic rings. The molecule has 1 N–H and O–H groups in total. The summed E-state index contributed by atoms with van der Waals surface area (Å²) in [5.41, 5.74) is 5.62. The summed E-state index contributed by atoms with van der Waals surface area (Å²) in [7, 11) is 0. The molecule has 0 atom stereocenters. The lowest BCUT2D eigenvalue weighted by Crippen LogP contribution is -2.22. The minimum absolute atomic E-state index is 0.0866. The van der Waals surface area contributed by atoms with E-state index < -0.39 is 0 Å². The highest BCUT2D eigenvalue weighted by molar-refractivity contribution is 5.94. The number of aryl methyl sites for hydroxylation is 2. The third kappa shape index (κ3) is 3.51. The Labute approximate surface area is 164 Å². The minimum atomic E-state index is -0.0866. The van der Waals surface area contributed by atoms with Crippen molar-refractivity contribution in [2.24, 2.45) is 0 Å². The van der Waals surface area contributed by atoms with E-state index in [-0.39, 0.29) is 5.91 Å². The molecule has 28 heavy (non-hydrogen) atoms. The second kappa shape index (κ2) is 7.64. The molecule has 0 bridgehead atoms. The topological polar surface area (TPSA) is 59.8 Å². The number of fused-ring (bicyclic) bond motifs is 1. The average molecular weight is 370 g/mol. The summed E-state index contributed by atoms with van der Waals surface area (Å²) in [5, 5.41) is 2.98. The molecule has 0 aliphatic rings. The Morgan fingerprint density at radius 1 is 1.00 bits per heavy atom. The number of imidazole rings is 1. The lowest BCUT2D eigenvalue weighted by atomic mass is 10.1. The van der Waals surface area contributed by atoms with E-state index in [4.69, 9.17) is 0 Å². The molecule has 0 spiro atoms. The van der Waals surface area contributed by atoms with Gasteiger partial charge >= 0.3 is 0 Å². The summed E-state index contributed by atoms with van der Waals surface area (Å²) < 4.78 is 1.99. The molecular weight excluding hydrogens is 348 g/mol. The largest absolute Gasteiger partial charge is 0.348 e. The molecule has 0 saturated carbocycles. The van der Waals surface area contributed by atoms with E-state index in [1.165, 1.54) is 5.56 Å². The Hall–Kier alpha value is -3.47. The zero-order valence-corrected chi connectivity index (χ0v) is 16.0. The first-order valence-electron chi connectivity index (χ1n) is 9.42. The number of nitrogens with one attached hydrogen (secondary N) is 1. The molecule has 0 saturated heterocycles. The number of pyridine rings is 1. The zero-order valence-electron chi connectivity index (χ0n) is 16.0. The van der Waals surface area contributed by atoms with Crippen LogP contribution in [0.2, 0.25) is 0 Å². The molecule has 1 amide bonds. The molecule has 4 rings (SSSR count). The molecular formula is C23H22N4O. The Morgan fingerprint density at radius 2 is 1.71 bits per heavy atom. The SMILES string of the molecule is CCc1ccc(CNC(=O)c2ccc(-n3c(C)nc4cccnc43)cc2)cc1. The van der Waals surface area contributed by atoms with Gasteiger partial charge in [0, 0.05) is 24.0 Å². The van der Waals surface area contributed by atoms with Gasteiger partial charge < -0.3 is 5.32 Å². The maximum absolute atomic E-state index is 12.5. The predicted molar refractivity (Wildman–Crippen MR) is 111 cm³/mol. The normalized spacial score (nSPS) is 10.9. The number of aromatic nitrogens is 3. The molecule has 140 valence electrons. The maximum Gasteiger partial charge on any atom is 0.251 e. The van der Waals surface area contributed by atoms with Crippen LogP contribution in [0.25, 0.3) is 16.9 Å². The van der Waals surface area contributed by atoms with Crippen LogP contribution in [0.5, 0.6) is 0 Å². The highest BCUT2D eigenvalue weighted by atomic mass is 16.1. The molecule has 0 fully saturated rings. The third-order valence-corrected chi connectivity index (χ3v) is 4.86. The Kier molecular flexibility index (Phi) is 4.89. The number of rotatable bonds is 5. The fraction of sp³-hybridized carbons (Fsp3) is 0.174. The van der Waals surface area contributed by atoms with E-state index in [0.717, 1.165) is 34.7 Å². The maximum atomic E-state index is 12.5. The van der Waals surface area contributed by atoms with Crippen molar-refractivity contribution in [3.05, 3.63) is 89.4 Å². The van der Waals surface area contributed by atoms with Crippen molar-refractivity contribution in [3.8, 4) is 5.69 Å². The lowest BCUT2D eigenvalue weighted by molar-refractivity contribution is 0.0951. The van der Waals surface area contributed by atoms with Gasteiger partial charge in [-0.05, 0) is 60.9 Å². The molecule has 0 unspecified atom stereocenters. The average Bonchev–Trinajstić information content (AvgIpc) is 3.08. The van der Waals surface area contributed by atoms with Crippen LogP contribution in [0.1, 0.15) is 34.2 Å². The van der Waals surface area contributed by atoms with E-state index >= 15 is 0 Å². The number of benzene rings is 2. The summed E-state index contributed by atoms with van der Waals surface area (Å²) >= 11 is 0. The van der Waals surface area contributed by atoms with Gasteiger partial charge in [-0.3, -0.25) is 9.36 Å². The van der Waals surface area contributed by atoms with Crippen LogP contribution in [0, 0.1) is 6.92 Å². The standard InChI is InChI=1S/C23H22N4O/c1-3-17-6-8-18(9-7-17)15-25-23(28)19-10-12-20(13-11-19)27-16(2)26-21-5-4-14-24-22(21)27/h4-14H,3,15H2,1-2H3,(H,25,28). The van der Waals surface area contributed by atoms with Gasteiger partial charge in [-0.15, -0.1) is 0 Å². The first-order chi connectivity index (χ1) is 13.7. The van der Waals surface area contributed by atoms with Gasteiger partial charge in [0.2, 0.25) is 0 Å². The highest BCUT2D eigenvalue weighted by Gasteiger charge is 2.11. The van der Waals surface area contributed by atoms with Crippen LogP contribution in [0.3, 0.4) is 0 Å². The predicted octanol–water partition coefficient (Wildman–Crippen LogP) is 4.22. The van der Waals surface area contributed by atoms with E-state index in [9.17, 15) is 4.79 Å². The fourth-order valence-electron chi connectivity index (χ4n) is 3.27. The lowest BCUT2D eigenvalue weighted by Gasteiger charge is -2.09. The Morgan fingerprint density at radius 3 is 2.43 bits per heavy atom. The number of hydrogen-bond acceptors (Lipinski definition) is 3. The third-order valence-electron chi connectivity index (χ3n) is 4.86. The summed E-state index contributed by atoms with van der Waals surface area (Å²) in [4.78, 5) is 21.5. The molecule has 2 aromatic carbocycles. The Balaban J connectivity index is 1.49. The van der Waals surface area contributed by atoms with Gasteiger partial charge in [-0.2, -0.15) is 0 Å². The van der Waals surface area contributed by atoms with Gasteiger partial charge in [0.1, 0.15) is 11.3 Å². The van der Waals surface area contributed by atoms with Crippen molar-refractivity contribution in [2.45, 2.75) is 26.8 Å². The van der Waals surface area contributed by atoms with Crippen molar-refractivity contribution in [1.82, 2.24) is 19.9 Å². The van der Waals surface area contributed by atoms with Gasteiger partial charge in [0.15, 0.2) is 5.65 Å². The first-order valence-corrected chi connectivity index (χ1v) is 9.42. The summed E-state index contributed by atoms with van der Waals surface area (Å²) in [6.45, 7) is 4.59. The van der Waals surface area contributed by atoms with Crippen molar-refractivity contribution in [1.29, 1.82) is 0 Å². The van der Waals surface area contributed by atoms with Crippen molar-refractivity contribution in [3.63, 3.8) is 0 Å². The van der Waals surface area contributed by atoms with Crippen LogP contribution in [0.15, 0.2) is 66.9 Å². The molecule has 0 radical (unpaired) electrons. The molecule has 2 aromatic heterocycles. The van der Waals surface area contributed by atoms with Crippen LogP contribution in [-0.4, -0.2) is 20.4 Å². The molecule has 2 heterocycles. The summed E-state index contributed by atoms with van der Waals surface area (Å²) in [6.07, 6.45) is 2.77. The molecule has 5 nitrogen and oxygen atoms in total. The Bertz CT molecular complexity index is 1110. The minimum Gasteiger partial charge on any atom is -0.348 e. The van der Waals surface area contributed by atoms with Gasteiger partial charge in [-0.25, -0.2) is 9.97 Å². The monoisotopic (exact) mass is 370 g/mol. The smallest absolute Gasteiger partial charge is 0.251 e. The van der Waals surface area contributed by atoms with Crippen LogP contribution in [-0.2, 0) is 13.0 Å². The van der Waals surface area contributed by atoms with Crippen LogP contribution >= 0.6 is 0 Å². The summed E-state index contributed by atoms with van der Waals surface area (Å²) in [6, 6.07) is 19.6. The van der Waals surface area contributed by atoms with Crippen LogP contribution < -0.4 is 5.32 Å². The van der Waals surface area contributed by atoms with E-state index in [1.807, 2.05) is 47.9 Å². The number of amides is 1. The van der Waals surface area contributed by atoms with Crippen molar-refractivity contribution >= 4 is 17.1 Å². The van der Waals surface area contributed by atoms with Crippen molar-refractivity contribution in [2.75, 3.05) is 0 Å². The number of carbonyl (C=O) groups is 1. The highest BCUT2D eigenvalue weighted by Crippen LogP contribution is 2.19. The van der Waals surface area contributed by atoms with Gasteiger partial charge in [0.25, 0.3) is 5.91 Å². The first kappa shape index (κ1) is 17.9. The van der Waals surface area contributed by atoms with E-state index in [0.29, 0.717) is 12.1 Å². The quantitative estimate of drug-likeness (QED) is 0.572. The second-order valence-electron chi connectivity index (χ2n) is 6.74. The van der Waals surface area contributed by atoms with Crippen LogP contribution in [0.4, 0.5) is 0 Å². The van der Waals surface area contributed by atoms with Gasteiger partial charge in [0.05, 0.1) is 0 Å². The second-order valence-corrected chi connectivity index (χ2v) is 6.74. The van der Waals surface area contributed by atoms with Gasteiger partial charge in [-0.1, -0.05) is 31.2 Å². The zero-order chi connectivity index (χ0) is 19.5. The molecule has 0 aliphatic heterocycles. The number of hydrogen-bond donors (Lipinski definition) is 1. The number of carbonyl (C=O) groups excluding carboxylic acids is 1. The molecule has 0 aliphatic carbocycles. The number of nitrogens with zero attached hydrogens (tertiary/aromatic N) is 3. The fourth-order valence-corrected chi connectivity index (χ4v) is 3.27.